The number of hydrogen-bond acceptors (Lipinski definition) is 3. The summed E-state index contributed by atoms with van der Waals surface area (Å²) in [6.07, 6.45) is 4.61. The summed E-state index contributed by atoms with van der Waals surface area (Å²) in [6, 6.07) is 11.5. The van der Waals surface area contributed by atoms with Crippen LogP contribution < -0.4 is 5.32 Å². The van der Waals surface area contributed by atoms with Gasteiger partial charge >= 0.3 is 0 Å². The molecule has 0 spiro atoms. The van der Waals surface area contributed by atoms with Crippen molar-refractivity contribution in [1.29, 1.82) is 0 Å². The molecular weight excluding hydrogens is 319 g/mol. The number of carbonyl (C=O) groups excluding carboxylic acids is 1. The number of imidazole rings is 1. The zero-order valence-electron chi connectivity index (χ0n) is 13.7. The van der Waals surface area contributed by atoms with Gasteiger partial charge in [-0.05, 0) is 37.0 Å². The third-order valence-corrected chi connectivity index (χ3v) is 4.82. The van der Waals surface area contributed by atoms with Gasteiger partial charge in [0.1, 0.15) is 12.1 Å². The fourth-order valence-electron chi connectivity index (χ4n) is 3.14. The van der Waals surface area contributed by atoms with Crippen molar-refractivity contribution in [2.75, 3.05) is 0 Å². The molecule has 1 unspecified atom stereocenters. The monoisotopic (exact) mass is 338 g/mol. The van der Waals surface area contributed by atoms with Crippen LogP contribution in [-0.2, 0) is 11.3 Å². The molecule has 3 aromatic rings. The first kappa shape index (κ1) is 15.7. The number of rotatable bonds is 5. The molecule has 2 heterocycles. The van der Waals surface area contributed by atoms with Crippen LogP contribution in [0.15, 0.2) is 48.9 Å². The topological polar surface area (TPSA) is 59.8 Å². The van der Waals surface area contributed by atoms with Crippen LogP contribution in [0.5, 0.6) is 0 Å². The first-order chi connectivity index (χ1) is 12.2. The second-order valence-corrected chi connectivity index (χ2v) is 6.40. The van der Waals surface area contributed by atoms with Crippen molar-refractivity contribution in [3.8, 4) is 5.82 Å². The Balaban J connectivity index is 1.56. The van der Waals surface area contributed by atoms with Crippen LogP contribution in [0.4, 0.5) is 4.39 Å². The van der Waals surface area contributed by atoms with E-state index in [1.54, 1.807) is 12.5 Å². The highest BCUT2D eigenvalue weighted by Crippen LogP contribution is 2.31. The van der Waals surface area contributed by atoms with E-state index < -0.39 is 12.1 Å². The number of pyridine rings is 1. The van der Waals surface area contributed by atoms with E-state index in [1.807, 2.05) is 41.0 Å². The van der Waals surface area contributed by atoms with E-state index >= 15 is 0 Å². The minimum atomic E-state index is -1.41. The highest BCUT2D eigenvalue weighted by molar-refractivity contribution is 5.81. The van der Waals surface area contributed by atoms with Gasteiger partial charge in [0.15, 0.2) is 6.17 Å². The Morgan fingerprint density at radius 1 is 1.24 bits per heavy atom. The van der Waals surface area contributed by atoms with Gasteiger partial charge in [0.05, 0.1) is 11.0 Å². The van der Waals surface area contributed by atoms with E-state index in [2.05, 4.69) is 15.3 Å². The summed E-state index contributed by atoms with van der Waals surface area (Å²) in [5, 5.41) is 2.71. The lowest BCUT2D eigenvalue weighted by Crippen LogP contribution is -2.38. The molecule has 1 N–H and O–H groups in total. The molecule has 5 nitrogen and oxygen atoms in total. The van der Waals surface area contributed by atoms with Crippen LogP contribution in [0.3, 0.4) is 0 Å². The van der Waals surface area contributed by atoms with Gasteiger partial charge in [-0.3, -0.25) is 9.36 Å². The van der Waals surface area contributed by atoms with Crippen LogP contribution in [-0.4, -0.2) is 26.6 Å². The van der Waals surface area contributed by atoms with E-state index in [-0.39, 0.29) is 12.5 Å². The van der Waals surface area contributed by atoms with Gasteiger partial charge in [-0.15, -0.1) is 0 Å². The minimum Gasteiger partial charge on any atom is -0.349 e. The number of carbonyl (C=O) groups is 1. The maximum atomic E-state index is 14.1. The molecule has 0 aliphatic heterocycles. The average molecular weight is 338 g/mol. The van der Waals surface area contributed by atoms with Crippen LogP contribution in [0.1, 0.15) is 24.8 Å². The second-order valence-electron chi connectivity index (χ2n) is 6.40. The van der Waals surface area contributed by atoms with Gasteiger partial charge in [0.2, 0.25) is 0 Å². The van der Waals surface area contributed by atoms with Crippen molar-refractivity contribution in [2.45, 2.75) is 32.0 Å². The number of fused-ring (bicyclic) bond motifs is 1. The van der Waals surface area contributed by atoms with Gasteiger partial charge in [-0.2, -0.15) is 0 Å². The van der Waals surface area contributed by atoms with E-state index in [1.165, 1.54) is 0 Å². The molecule has 1 aliphatic carbocycles. The molecule has 1 atom stereocenters. The molecule has 0 radical (unpaired) electrons. The quantitative estimate of drug-likeness (QED) is 0.777. The SMILES string of the molecule is O=C(NCc1cccnc1-n1cnc2ccccc21)C(F)C1CCC1. The van der Waals surface area contributed by atoms with Crippen molar-refractivity contribution in [3.63, 3.8) is 0 Å². The Morgan fingerprint density at radius 3 is 2.88 bits per heavy atom. The molecule has 0 bridgehead atoms. The maximum absolute atomic E-state index is 14.1. The molecular formula is C19H19FN4O. The van der Waals surface area contributed by atoms with Crippen molar-refractivity contribution >= 4 is 16.9 Å². The van der Waals surface area contributed by atoms with Crippen LogP contribution in [0.25, 0.3) is 16.9 Å². The number of amides is 1. The Morgan fingerprint density at radius 2 is 2.08 bits per heavy atom. The molecule has 1 amide bonds. The van der Waals surface area contributed by atoms with Gasteiger partial charge < -0.3 is 5.32 Å². The number of para-hydroxylation sites is 2. The van der Waals surface area contributed by atoms with Crippen LogP contribution in [0.2, 0.25) is 0 Å². The number of hydrogen-bond donors (Lipinski definition) is 1. The number of nitrogens with zero attached hydrogens (tertiary/aromatic N) is 3. The number of benzene rings is 1. The standard InChI is InChI=1S/C19H19FN4O/c20-17(13-5-3-6-13)19(25)22-11-14-7-4-10-21-18(14)24-12-23-15-8-1-2-9-16(15)24/h1-2,4,7-10,12-13,17H,3,5-6,11H2,(H,22,25). The molecule has 6 heteroatoms. The zero-order valence-corrected chi connectivity index (χ0v) is 13.7. The summed E-state index contributed by atoms with van der Waals surface area (Å²) in [5.74, 6) is 0.0384. The summed E-state index contributed by atoms with van der Waals surface area (Å²) in [7, 11) is 0. The summed E-state index contributed by atoms with van der Waals surface area (Å²) < 4.78 is 16.0. The van der Waals surface area contributed by atoms with Gasteiger partial charge in [-0.25, -0.2) is 14.4 Å². The third-order valence-electron chi connectivity index (χ3n) is 4.82. The van der Waals surface area contributed by atoms with Gasteiger partial charge in [0, 0.05) is 18.3 Å². The van der Waals surface area contributed by atoms with E-state index in [4.69, 9.17) is 0 Å². The first-order valence-corrected chi connectivity index (χ1v) is 8.52. The Kier molecular flexibility index (Phi) is 4.17. The lowest BCUT2D eigenvalue weighted by atomic mass is 9.81. The summed E-state index contributed by atoms with van der Waals surface area (Å²) in [6.45, 7) is 0.238. The molecule has 1 fully saturated rings. The molecule has 4 rings (SSSR count). The van der Waals surface area contributed by atoms with Gasteiger partial charge in [-0.1, -0.05) is 24.6 Å². The predicted molar refractivity (Wildman–Crippen MR) is 92.9 cm³/mol. The van der Waals surface area contributed by atoms with Gasteiger partial charge in [0.25, 0.3) is 5.91 Å². The normalized spacial score (nSPS) is 15.7. The Labute approximate surface area is 144 Å². The smallest absolute Gasteiger partial charge is 0.255 e. The van der Waals surface area contributed by atoms with Crippen molar-refractivity contribution in [2.24, 2.45) is 5.92 Å². The van der Waals surface area contributed by atoms with Crippen molar-refractivity contribution < 1.29 is 9.18 Å². The Bertz CT molecular complexity index is 903. The van der Waals surface area contributed by atoms with E-state index in [0.29, 0.717) is 5.82 Å². The van der Waals surface area contributed by atoms with Crippen LogP contribution in [0, 0.1) is 5.92 Å². The Hall–Kier alpha value is -2.76. The summed E-state index contributed by atoms with van der Waals surface area (Å²) in [4.78, 5) is 20.8. The predicted octanol–water partition coefficient (Wildman–Crippen LogP) is 3.17. The van der Waals surface area contributed by atoms with E-state index in [9.17, 15) is 9.18 Å². The van der Waals surface area contributed by atoms with Crippen LogP contribution >= 0.6 is 0 Å². The summed E-state index contributed by atoms with van der Waals surface area (Å²) >= 11 is 0. The fraction of sp³-hybridized carbons (Fsp3) is 0.316. The molecule has 1 saturated carbocycles. The average Bonchev–Trinajstić information content (AvgIpc) is 3.02. The molecule has 1 aliphatic rings. The number of nitrogens with one attached hydrogen (secondary N) is 1. The summed E-state index contributed by atoms with van der Waals surface area (Å²) in [5.41, 5.74) is 2.63. The highest BCUT2D eigenvalue weighted by Gasteiger charge is 2.32. The molecule has 128 valence electrons. The first-order valence-electron chi connectivity index (χ1n) is 8.52. The van der Waals surface area contributed by atoms with E-state index in [0.717, 1.165) is 35.9 Å². The maximum Gasteiger partial charge on any atom is 0.255 e. The third kappa shape index (κ3) is 2.99. The lowest BCUT2D eigenvalue weighted by molar-refractivity contribution is -0.129. The van der Waals surface area contributed by atoms with Crippen molar-refractivity contribution in [3.05, 3.63) is 54.5 Å². The highest BCUT2D eigenvalue weighted by atomic mass is 19.1. The number of halogens is 1. The van der Waals surface area contributed by atoms with Crippen molar-refractivity contribution in [1.82, 2.24) is 19.9 Å². The fourth-order valence-corrected chi connectivity index (χ4v) is 3.14. The number of aromatic nitrogens is 3. The number of alkyl halides is 1. The second kappa shape index (κ2) is 6.63. The largest absolute Gasteiger partial charge is 0.349 e. The lowest BCUT2D eigenvalue weighted by Gasteiger charge is -2.27. The molecule has 25 heavy (non-hydrogen) atoms. The molecule has 1 aromatic carbocycles. The minimum absolute atomic E-state index is 0.119. The molecule has 2 aromatic heterocycles. The zero-order chi connectivity index (χ0) is 17.2. The molecule has 0 saturated heterocycles.